The monoisotopic (exact) mass is 501 g/mol. The van der Waals surface area contributed by atoms with E-state index in [9.17, 15) is 9.59 Å². The molecule has 0 spiro atoms. The van der Waals surface area contributed by atoms with Crippen LogP contribution in [0.4, 0.5) is 5.69 Å². The van der Waals surface area contributed by atoms with Crippen LogP contribution in [0.25, 0.3) is 16.8 Å². The molecule has 1 heterocycles. The second-order valence-electron chi connectivity index (χ2n) is 9.08. The summed E-state index contributed by atoms with van der Waals surface area (Å²) in [5.74, 6) is -0.00735. The highest BCUT2D eigenvalue weighted by Crippen LogP contribution is 2.37. The molecule has 36 heavy (non-hydrogen) atoms. The predicted octanol–water partition coefficient (Wildman–Crippen LogP) is 6.88. The molecule has 6 nitrogen and oxygen atoms in total. The lowest BCUT2D eigenvalue weighted by molar-refractivity contribution is -0.132. The van der Waals surface area contributed by atoms with Crippen molar-refractivity contribution in [2.75, 3.05) is 5.32 Å². The molecule has 0 saturated carbocycles. The van der Waals surface area contributed by atoms with Gasteiger partial charge in [-0.3, -0.25) is 9.59 Å². The lowest BCUT2D eigenvalue weighted by Crippen LogP contribution is -2.12. The standard InChI is InChI=1S/C29H28ClN3O3/c1-18(2)16-26-27(29(36-20(4)34)33(32-26)23-9-7-8-19(3)17-23)21-12-14-22(15-13-21)31-28(35)24-10-5-6-11-25(24)30/h5-15,17-18H,16H2,1-4H3,(H,31,35). The van der Waals surface area contributed by atoms with E-state index in [2.05, 4.69) is 19.2 Å². The maximum atomic E-state index is 12.7. The van der Waals surface area contributed by atoms with Crippen LogP contribution in [-0.4, -0.2) is 21.7 Å². The second-order valence-corrected chi connectivity index (χ2v) is 9.49. The van der Waals surface area contributed by atoms with Gasteiger partial charge in [-0.2, -0.15) is 9.78 Å². The molecule has 3 aromatic carbocycles. The SMILES string of the molecule is CC(=O)Oc1c(-c2ccc(NC(=O)c3ccccc3Cl)cc2)c(CC(C)C)nn1-c1cccc(C)c1. The number of anilines is 1. The predicted molar refractivity (Wildman–Crippen MR) is 143 cm³/mol. The lowest BCUT2D eigenvalue weighted by atomic mass is 9.99. The quantitative estimate of drug-likeness (QED) is 0.280. The van der Waals surface area contributed by atoms with Crippen molar-refractivity contribution in [3.05, 3.63) is 94.6 Å². The van der Waals surface area contributed by atoms with Crippen LogP contribution in [0.15, 0.2) is 72.8 Å². The van der Waals surface area contributed by atoms with Crippen molar-refractivity contribution in [2.24, 2.45) is 5.92 Å². The van der Waals surface area contributed by atoms with Crippen LogP contribution in [0.3, 0.4) is 0 Å². The van der Waals surface area contributed by atoms with E-state index in [1.165, 1.54) is 6.92 Å². The van der Waals surface area contributed by atoms with Gasteiger partial charge in [0.05, 0.1) is 27.5 Å². The van der Waals surface area contributed by atoms with Crippen LogP contribution in [0, 0.1) is 12.8 Å². The molecule has 0 saturated heterocycles. The number of aromatic nitrogens is 2. The second kappa shape index (κ2) is 10.8. The third-order valence-corrected chi connectivity index (χ3v) is 5.88. The van der Waals surface area contributed by atoms with Gasteiger partial charge in [0, 0.05) is 12.6 Å². The van der Waals surface area contributed by atoms with Gasteiger partial charge in [-0.15, -0.1) is 0 Å². The fraction of sp³-hybridized carbons (Fsp3) is 0.207. The third kappa shape index (κ3) is 5.66. The summed E-state index contributed by atoms with van der Waals surface area (Å²) in [5.41, 5.74) is 5.32. The first kappa shape index (κ1) is 25.2. The molecule has 1 amide bonds. The van der Waals surface area contributed by atoms with Crippen LogP contribution in [0.5, 0.6) is 5.88 Å². The van der Waals surface area contributed by atoms with Crippen LogP contribution in [0.2, 0.25) is 5.02 Å². The summed E-state index contributed by atoms with van der Waals surface area (Å²) < 4.78 is 7.42. The first-order valence-electron chi connectivity index (χ1n) is 11.8. The Morgan fingerprint density at radius 1 is 1.03 bits per heavy atom. The summed E-state index contributed by atoms with van der Waals surface area (Å²) in [6, 6.07) is 22.2. The summed E-state index contributed by atoms with van der Waals surface area (Å²) in [7, 11) is 0. The molecular weight excluding hydrogens is 474 g/mol. The number of carbonyl (C=O) groups excluding carboxylic acids is 2. The molecule has 0 aliphatic heterocycles. The number of ether oxygens (including phenoxy) is 1. The largest absolute Gasteiger partial charge is 0.407 e. The van der Waals surface area contributed by atoms with Crippen LogP contribution >= 0.6 is 11.6 Å². The van der Waals surface area contributed by atoms with E-state index < -0.39 is 5.97 Å². The number of hydrogen-bond donors (Lipinski definition) is 1. The number of halogens is 1. The molecule has 0 unspecified atom stereocenters. The van der Waals surface area contributed by atoms with Crippen LogP contribution in [0.1, 0.15) is 42.4 Å². The van der Waals surface area contributed by atoms with E-state index >= 15 is 0 Å². The Morgan fingerprint density at radius 2 is 1.75 bits per heavy atom. The lowest BCUT2D eigenvalue weighted by Gasteiger charge is -2.11. The van der Waals surface area contributed by atoms with Gasteiger partial charge >= 0.3 is 5.97 Å². The summed E-state index contributed by atoms with van der Waals surface area (Å²) in [5, 5.41) is 8.13. The van der Waals surface area contributed by atoms with Gasteiger partial charge < -0.3 is 10.1 Å². The summed E-state index contributed by atoms with van der Waals surface area (Å²) >= 11 is 6.16. The maximum absolute atomic E-state index is 12.7. The minimum absolute atomic E-state index is 0.290. The Bertz CT molecular complexity index is 1410. The molecule has 0 bridgehead atoms. The summed E-state index contributed by atoms with van der Waals surface area (Å²) in [6.07, 6.45) is 0.702. The molecule has 184 valence electrons. The van der Waals surface area contributed by atoms with Gasteiger partial charge in [0.1, 0.15) is 0 Å². The summed E-state index contributed by atoms with van der Waals surface area (Å²) in [4.78, 5) is 24.8. The van der Waals surface area contributed by atoms with Gasteiger partial charge in [-0.25, -0.2) is 0 Å². The highest BCUT2D eigenvalue weighted by Gasteiger charge is 2.24. The van der Waals surface area contributed by atoms with Gasteiger partial charge in [-0.05, 0) is 66.8 Å². The number of aryl methyl sites for hydroxylation is 1. The molecule has 0 fully saturated rings. The zero-order chi connectivity index (χ0) is 25.8. The highest BCUT2D eigenvalue weighted by molar-refractivity contribution is 6.34. The average molecular weight is 502 g/mol. The van der Waals surface area contributed by atoms with Gasteiger partial charge in [0.25, 0.3) is 5.91 Å². The molecule has 0 aliphatic carbocycles. The Hall–Kier alpha value is -3.90. The van der Waals surface area contributed by atoms with Crippen molar-refractivity contribution in [1.82, 2.24) is 9.78 Å². The van der Waals surface area contributed by atoms with Crippen molar-refractivity contribution in [3.63, 3.8) is 0 Å². The highest BCUT2D eigenvalue weighted by atomic mass is 35.5. The number of hydrogen-bond acceptors (Lipinski definition) is 4. The van der Waals surface area contributed by atoms with Crippen LogP contribution in [-0.2, 0) is 11.2 Å². The number of nitrogens with zero attached hydrogens (tertiary/aromatic N) is 2. The molecule has 0 aliphatic rings. The first-order chi connectivity index (χ1) is 17.2. The smallest absolute Gasteiger partial charge is 0.309 e. The fourth-order valence-electron chi connectivity index (χ4n) is 3.99. The zero-order valence-corrected chi connectivity index (χ0v) is 21.5. The number of rotatable bonds is 7. The molecule has 1 aromatic heterocycles. The molecule has 4 rings (SSSR count). The number of carbonyl (C=O) groups is 2. The first-order valence-corrected chi connectivity index (χ1v) is 12.1. The fourth-order valence-corrected chi connectivity index (χ4v) is 4.22. The summed E-state index contributed by atoms with van der Waals surface area (Å²) in [6.45, 7) is 7.62. The molecular formula is C29H28ClN3O3. The number of amides is 1. The minimum Gasteiger partial charge on any atom is -0.407 e. The van der Waals surface area contributed by atoms with E-state index in [1.807, 2.05) is 55.5 Å². The van der Waals surface area contributed by atoms with Crippen molar-refractivity contribution in [3.8, 4) is 22.7 Å². The van der Waals surface area contributed by atoms with E-state index in [4.69, 9.17) is 21.4 Å². The molecule has 0 radical (unpaired) electrons. The van der Waals surface area contributed by atoms with E-state index in [0.717, 1.165) is 28.1 Å². The van der Waals surface area contributed by atoms with Crippen molar-refractivity contribution < 1.29 is 14.3 Å². The molecule has 0 atom stereocenters. The van der Waals surface area contributed by atoms with Crippen molar-refractivity contribution in [2.45, 2.75) is 34.1 Å². The number of esters is 1. The molecule has 7 heteroatoms. The van der Waals surface area contributed by atoms with Gasteiger partial charge in [-0.1, -0.05) is 61.8 Å². The Balaban J connectivity index is 1.75. The minimum atomic E-state index is -0.426. The van der Waals surface area contributed by atoms with Gasteiger partial charge in [0.15, 0.2) is 0 Å². The Kier molecular flexibility index (Phi) is 7.55. The Labute approximate surface area is 215 Å². The number of benzene rings is 3. The maximum Gasteiger partial charge on any atom is 0.309 e. The van der Waals surface area contributed by atoms with Gasteiger partial charge in [0.2, 0.25) is 5.88 Å². The molecule has 4 aromatic rings. The van der Waals surface area contributed by atoms with E-state index in [0.29, 0.717) is 34.5 Å². The van der Waals surface area contributed by atoms with Crippen molar-refractivity contribution >= 4 is 29.2 Å². The number of nitrogens with one attached hydrogen (secondary N) is 1. The van der Waals surface area contributed by atoms with Crippen molar-refractivity contribution in [1.29, 1.82) is 0 Å². The van der Waals surface area contributed by atoms with E-state index in [1.54, 1.807) is 28.9 Å². The third-order valence-electron chi connectivity index (χ3n) is 5.55. The van der Waals surface area contributed by atoms with Crippen LogP contribution < -0.4 is 10.1 Å². The normalized spacial score (nSPS) is 10.9. The average Bonchev–Trinajstić information content (AvgIpc) is 3.16. The van der Waals surface area contributed by atoms with E-state index in [-0.39, 0.29) is 5.91 Å². The topological polar surface area (TPSA) is 73.2 Å². The zero-order valence-electron chi connectivity index (χ0n) is 20.7. The Morgan fingerprint density at radius 3 is 2.39 bits per heavy atom. The molecule has 1 N–H and O–H groups in total.